The Kier molecular flexibility index (Phi) is 3.84. The Morgan fingerprint density at radius 2 is 2.53 bits per heavy atom. The summed E-state index contributed by atoms with van der Waals surface area (Å²) < 4.78 is 4.98. The summed E-state index contributed by atoms with van der Waals surface area (Å²) in [6.45, 7) is 3.60. The summed E-state index contributed by atoms with van der Waals surface area (Å²) in [5.74, 6) is 0.123. The van der Waals surface area contributed by atoms with E-state index in [4.69, 9.17) is 4.42 Å². The molecule has 2 heterocycles. The molecule has 4 heteroatoms. The predicted molar refractivity (Wildman–Crippen MR) is 65.4 cm³/mol. The van der Waals surface area contributed by atoms with E-state index in [9.17, 15) is 4.79 Å². The van der Waals surface area contributed by atoms with E-state index < -0.39 is 0 Å². The second-order valence-corrected chi connectivity index (χ2v) is 4.68. The maximum atomic E-state index is 12.2. The lowest BCUT2D eigenvalue weighted by atomic mass is 9.91. The first-order chi connectivity index (χ1) is 8.27. The van der Waals surface area contributed by atoms with E-state index in [-0.39, 0.29) is 11.4 Å². The van der Waals surface area contributed by atoms with Crippen molar-refractivity contribution in [3.63, 3.8) is 0 Å². The van der Waals surface area contributed by atoms with Gasteiger partial charge in [0, 0.05) is 12.1 Å². The van der Waals surface area contributed by atoms with E-state index >= 15 is 0 Å². The molecule has 1 saturated heterocycles. The standard InChI is InChI=1S/C13H20N2O2/c1-2-5-13(6-3-7-15-13)12(16)14-9-11-4-8-17-10-11/h4,8,10,15H,2-3,5-7,9H2,1H3,(H,14,16). The largest absolute Gasteiger partial charge is 0.472 e. The van der Waals surface area contributed by atoms with Crippen molar-refractivity contribution in [3.05, 3.63) is 24.2 Å². The third kappa shape index (κ3) is 2.69. The van der Waals surface area contributed by atoms with Crippen molar-refractivity contribution < 1.29 is 9.21 Å². The lowest BCUT2D eigenvalue weighted by molar-refractivity contribution is -0.127. The highest BCUT2D eigenvalue weighted by Gasteiger charge is 2.39. The minimum Gasteiger partial charge on any atom is -0.472 e. The van der Waals surface area contributed by atoms with Gasteiger partial charge in [0.1, 0.15) is 0 Å². The number of amides is 1. The molecule has 1 aromatic rings. The highest BCUT2D eigenvalue weighted by Crippen LogP contribution is 2.25. The minimum atomic E-state index is -0.335. The van der Waals surface area contributed by atoms with Gasteiger partial charge in [0.2, 0.25) is 5.91 Å². The van der Waals surface area contributed by atoms with Crippen LogP contribution in [0.1, 0.15) is 38.2 Å². The summed E-state index contributed by atoms with van der Waals surface area (Å²) in [7, 11) is 0. The fourth-order valence-electron chi connectivity index (χ4n) is 2.50. The van der Waals surface area contributed by atoms with E-state index in [1.54, 1.807) is 12.5 Å². The van der Waals surface area contributed by atoms with Crippen LogP contribution < -0.4 is 10.6 Å². The van der Waals surface area contributed by atoms with Crippen molar-refractivity contribution >= 4 is 5.91 Å². The summed E-state index contributed by atoms with van der Waals surface area (Å²) in [4.78, 5) is 12.2. The smallest absolute Gasteiger partial charge is 0.240 e. The van der Waals surface area contributed by atoms with Gasteiger partial charge in [-0.15, -0.1) is 0 Å². The van der Waals surface area contributed by atoms with Crippen LogP contribution in [0.25, 0.3) is 0 Å². The Balaban J connectivity index is 1.92. The molecule has 0 spiro atoms. The van der Waals surface area contributed by atoms with E-state index in [0.717, 1.165) is 37.8 Å². The highest BCUT2D eigenvalue weighted by molar-refractivity contribution is 5.86. The molecule has 1 unspecified atom stereocenters. The molecular weight excluding hydrogens is 216 g/mol. The van der Waals surface area contributed by atoms with Gasteiger partial charge in [-0.25, -0.2) is 0 Å². The van der Waals surface area contributed by atoms with Gasteiger partial charge in [0.15, 0.2) is 0 Å². The molecular formula is C13H20N2O2. The second kappa shape index (κ2) is 5.36. The summed E-state index contributed by atoms with van der Waals surface area (Å²) in [6.07, 6.45) is 7.24. The number of furan rings is 1. The van der Waals surface area contributed by atoms with Crippen molar-refractivity contribution in [3.8, 4) is 0 Å². The zero-order chi connectivity index (χ0) is 12.1. The van der Waals surface area contributed by atoms with Gasteiger partial charge in [0.05, 0.1) is 18.1 Å². The fraction of sp³-hybridized carbons (Fsp3) is 0.615. The lowest BCUT2D eigenvalue weighted by Crippen LogP contribution is -2.53. The molecule has 2 N–H and O–H groups in total. The average Bonchev–Trinajstić information content (AvgIpc) is 2.97. The number of hydrogen-bond donors (Lipinski definition) is 2. The molecule has 0 aromatic carbocycles. The van der Waals surface area contributed by atoms with Crippen LogP contribution in [-0.4, -0.2) is 18.0 Å². The summed E-state index contributed by atoms with van der Waals surface area (Å²) >= 11 is 0. The number of rotatable bonds is 5. The third-order valence-corrected chi connectivity index (χ3v) is 3.39. The summed E-state index contributed by atoms with van der Waals surface area (Å²) in [6, 6.07) is 1.87. The zero-order valence-electron chi connectivity index (χ0n) is 10.3. The molecule has 94 valence electrons. The van der Waals surface area contributed by atoms with Gasteiger partial charge in [-0.1, -0.05) is 13.3 Å². The third-order valence-electron chi connectivity index (χ3n) is 3.39. The van der Waals surface area contributed by atoms with Crippen molar-refractivity contribution in [1.82, 2.24) is 10.6 Å². The molecule has 1 fully saturated rings. The lowest BCUT2D eigenvalue weighted by Gasteiger charge is -2.27. The molecule has 0 radical (unpaired) electrons. The average molecular weight is 236 g/mol. The maximum absolute atomic E-state index is 12.2. The Morgan fingerprint density at radius 3 is 3.12 bits per heavy atom. The molecule has 1 aliphatic heterocycles. The number of nitrogens with one attached hydrogen (secondary N) is 2. The van der Waals surface area contributed by atoms with Crippen molar-refractivity contribution in [2.24, 2.45) is 0 Å². The monoisotopic (exact) mass is 236 g/mol. The molecule has 1 atom stereocenters. The molecule has 1 aromatic heterocycles. The van der Waals surface area contributed by atoms with Crippen molar-refractivity contribution in [1.29, 1.82) is 0 Å². The van der Waals surface area contributed by atoms with Crippen LogP contribution in [0.5, 0.6) is 0 Å². The Labute approximate surface area is 102 Å². The van der Waals surface area contributed by atoms with Crippen LogP contribution in [0.4, 0.5) is 0 Å². The Morgan fingerprint density at radius 1 is 1.65 bits per heavy atom. The molecule has 4 nitrogen and oxygen atoms in total. The van der Waals surface area contributed by atoms with Crippen LogP contribution in [0.15, 0.2) is 23.0 Å². The molecule has 17 heavy (non-hydrogen) atoms. The van der Waals surface area contributed by atoms with Gasteiger partial charge in [-0.2, -0.15) is 0 Å². The van der Waals surface area contributed by atoms with Gasteiger partial charge in [-0.05, 0) is 31.9 Å². The fourth-order valence-corrected chi connectivity index (χ4v) is 2.50. The predicted octanol–water partition coefficient (Wildman–Crippen LogP) is 1.82. The second-order valence-electron chi connectivity index (χ2n) is 4.68. The van der Waals surface area contributed by atoms with Crippen LogP contribution in [-0.2, 0) is 11.3 Å². The Bertz CT molecular complexity index is 354. The van der Waals surface area contributed by atoms with Crippen molar-refractivity contribution in [2.45, 2.75) is 44.7 Å². The molecule has 0 aliphatic carbocycles. The molecule has 2 rings (SSSR count). The minimum absolute atomic E-state index is 0.123. The molecule has 1 aliphatic rings. The van der Waals surface area contributed by atoms with Gasteiger partial charge < -0.3 is 15.1 Å². The van der Waals surface area contributed by atoms with Crippen LogP contribution in [0.2, 0.25) is 0 Å². The zero-order valence-corrected chi connectivity index (χ0v) is 10.3. The highest BCUT2D eigenvalue weighted by atomic mass is 16.3. The van der Waals surface area contributed by atoms with Gasteiger partial charge >= 0.3 is 0 Å². The summed E-state index contributed by atoms with van der Waals surface area (Å²) in [5, 5.41) is 6.36. The normalized spacial score (nSPS) is 23.8. The SMILES string of the molecule is CCCC1(C(=O)NCc2ccoc2)CCCN1. The van der Waals surface area contributed by atoms with Crippen LogP contribution >= 0.6 is 0 Å². The topological polar surface area (TPSA) is 54.3 Å². The molecule has 0 saturated carbocycles. The van der Waals surface area contributed by atoms with E-state index in [2.05, 4.69) is 17.6 Å². The van der Waals surface area contributed by atoms with Crippen LogP contribution in [0, 0.1) is 0 Å². The maximum Gasteiger partial charge on any atom is 0.240 e. The Hall–Kier alpha value is -1.29. The van der Waals surface area contributed by atoms with E-state index in [0.29, 0.717) is 6.54 Å². The summed E-state index contributed by atoms with van der Waals surface area (Å²) in [5.41, 5.74) is 0.668. The first-order valence-electron chi connectivity index (χ1n) is 6.31. The quantitative estimate of drug-likeness (QED) is 0.820. The number of carbonyl (C=O) groups is 1. The number of hydrogen-bond acceptors (Lipinski definition) is 3. The van der Waals surface area contributed by atoms with Crippen molar-refractivity contribution in [2.75, 3.05) is 6.54 Å². The first-order valence-corrected chi connectivity index (χ1v) is 6.31. The van der Waals surface area contributed by atoms with E-state index in [1.165, 1.54) is 0 Å². The van der Waals surface area contributed by atoms with Gasteiger partial charge in [0.25, 0.3) is 0 Å². The molecule has 1 amide bonds. The first kappa shape index (κ1) is 12.2. The van der Waals surface area contributed by atoms with E-state index in [1.807, 2.05) is 6.07 Å². The van der Waals surface area contributed by atoms with Gasteiger partial charge in [-0.3, -0.25) is 4.79 Å². The molecule has 0 bridgehead atoms. The van der Waals surface area contributed by atoms with Crippen LogP contribution in [0.3, 0.4) is 0 Å². The number of carbonyl (C=O) groups excluding carboxylic acids is 1.